The highest BCUT2D eigenvalue weighted by molar-refractivity contribution is 6.52. The van der Waals surface area contributed by atoms with Crippen LogP contribution < -0.4 is 5.46 Å². The van der Waals surface area contributed by atoms with Crippen LogP contribution in [-0.4, -0.2) is 12.4 Å². The van der Waals surface area contributed by atoms with Crippen molar-refractivity contribution in [2.75, 3.05) is 0 Å². The lowest BCUT2D eigenvalue weighted by Crippen LogP contribution is -2.28. The van der Waals surface area contributed by atoms with Crippen LogP contribution in [0.1, 0.15) is 16.7 Å². The van der Waals surface area contributed by atoms with Gasteiger partial charge < -0.3 is 5.11 Å². The Bertz CT molecular complexity index is 1170. The monoisotopic (exact) mass is 360 g/mol. The van der Waals surface area contributed by atoms with Crippen LogP contribution in [0, 0.1) is 0 Å². The van der Waals surface area contributed by atoms with Crippen LogP contribution in [0.5, 0.6) is 0 Å². The standard InChI is InChI=1S/C26H21BO/c1-27-19-15-16-22-21-12-6-8-14-24(21)26(28,25(22)17-19)23-13-7-5-11-20(23)18-9-3-2-4-10-18/h2-17,27-28H,1H3. The quantitative estimate of drug-likeness (QED) is 0.524. The van der Waals surface area contributed by atoms with Gasteiger partial charge >= 0.3 is 0 Å². The lowest BCUT2D eigenvalue weighted by molar-refractivity contribution is 0.131. The third kappa shape index (κ3) is 2.38. The highest BCUT2D eigenvalue weighted by Crippen LogP contribution is 2.52. The maximum absolute atomic E-state index is 12.3. The summed E-state index contributed by atoms with van der Waals surface area (Å²) in [4.78, 5) is 0. The second-order valence-corrected chi connectivity index (χ2v) is 7.40. The summed E-state index contributed by atoms with van der Waals surface area (Å²) in [7, 11) is 0.944. The second kappa shape index (κ2) is 6.51. The number of rotatable bonds is 3. The van der Waals surface area contributed by atoms with Crippen LogP contribution in [0.3, 0.4) is 0 Å². The minimum atomic E-state index is -1.16. The van der Waals surface area contributed by atoms with Gasteiger partial charge in [0.15, 0.2) is 7.28 Å². The van der Waals surface area contributed by atoms with Gasteiger partial charge in [-0.05, 0) is 27.8 Å². The summed E-state index contributed by atoms with van der Waals surface area (Å²) in [6.07, 6.45) is 0. The Morgan fingerprint density at radius 3 is 1.89 bits per heavy atom. The molecule has 0 saturated heterocycles. The van der Waals surface area contributed by atoms with E-state index in [-0.39, 0.29) is 0 Å². The smallest absolute Gasteiger partial charge is 0.154 e. The summed E-state index contributed by atoms with van der Waals surface area (Å²) >= 11 is 0. The van der Waals surface area contributed by atoms with E-state index in [1.165, 1.54) is 5.46 Å². The van der Waals surface area contributed by atoms with Crippen molar-refractivity contribution in [3.8, 4) is 22.3 Å². The SMILES string of the molecule is CBc1ccc2c(c1)C(O)(c1ccccc1-c1ccccc1)c1ccccc1-2. The third-order valence-corrected chi connectivity index (χ3v) is 5.89. The van der Waals surface area contributed by atoms with Gasteiger partial charge in [-0.15, -0.1) is 0 Å². The van der Waals surface area contributed by atoms with Gasteiger partial charge in [0.25, 0.3) is 0 Å². The first kappa shape index (κ1) is 17.0. The van der Waals surface area contributed by atoms with E-state index >= 15 is 0 Å². The maximum atomic E-state index is 12.3. The molecule has 1 atom stereocenters. The molecule has 0 aromatic heterocycles. The lowest BCUT2D eigenvalue weighted by Gasteiger charge is -2.29. The fraction of sp³-hybridized carbons (Fsp3) is 0.0769. The second-order valence-electron chi connectivity index (χ2n) is 7.40. The average molecular weight is 360 g/mol. The van der Waals surface area contributed by atoms with Crippen molar-refractivity contribution >= 4 is 12.7 Å². The zero-order valence-electron chi connectivity index (χ0n) is 15.9. The first-order chi connectivity index (χ1) is 13.7. The molecule has 0 radical (unpaired) electrons. The Morgan fingerprint density at radius 1 is 0.607 bits per heavy atom. The minimum absolute atomic E-state index is 0.931. The zero-order chi connectivity index (χ0) is 19.1. The molecule has 1 unspecified atom stereocenters. The predicted molar refractivity (Wildman–Crippen MR) is 119 cm³/mol. The van der Waals surface area contributed by atoms with E-state index < -0.39 is 5.60 Å². The summed E-state index contributed by atoms with van der Waals surface area (Å²) in [5.41, 5.74) is 7.37. The Labute approximate surface area is 166 Å². The molecule has 0 aliphatic heterocycles. The molecule has 1 aliphatic carbocycles. The molecular weight excluding hydrogens is 339 g/mol. The molecule has 0 bridgehead atoms. The normalized spacial score (nSPS) is 17.1. The van der Waals surface area contributed by atoms with E-state index in [0.29, 0.717) is 0 Å². The molecule has 28 heavy (non-hydrogen) atoms. The van der Waals surface area contributed by atoms with Crippen molar-refractivity contribution in [1.82, 2.24) is 0 Å². The molecule has 5 rings (SSSR count). The number of benzene rings is 4. The van der Waals surface area contributed by atoms with E-state index in [1.54, 1.807) is 0 Å². The van der Waals surface area contributed by atoms with Crippen LogP contribution in [-0.2, 0) is 5.60 Å². The molecule has 0 saturated carbocycles. The Kier molecular flexibility index (Phi) is 3.96. The fourth-order valence-corrected chi connectivity index (χ4v) is 4.48. The molecule has 4 aromatic carbocycles. The summed E-state index contributed by atoms with van der Waals surface area (Å²) in [5.74, 6) is 0. The van der Waals surface area contributed by atoms with E-state index in [0.717, 1.165) is 46.2 Å². The van der Waals surface area contributed by atoms with Crippen molar-refractivity contribution in [2.24, 2.45) is 0 Å². The summed E-state index contributed by atoms with van der Waals surface area (Å²) < 4.78 is 0. The number of hydrogen-bond donors (Lipinski definition) is 1. The van der Waals surface area contributed by atoms with E-state index in [2.05, 4.69) is 61.4 Å². The van der Waals surface area contributed by atoms with Gasteiger partial charge in [0.1, 0.15) is 5.60 Å². The van der Waals surface area contributed by atoms with Crippen LogP contribution in [0.2, 0.25) is 6.82 Å². The first-order valence-corrected chi connectivity index (χ1v) is 9.84. The molecule has 1 nitrogen and oxygen atoms in total. The molecule has 0 amide bonds. The summed E-state index contributed by atoms with van der Waals surface area (Å²) in [6.45, 7) is 2.15. The molecule has 1 N–H and O–H groups in total. The lowest BCUT2D eigenvalue weighted by atomic mass is 9.71. The maximum Gasteiger partial charge on any atom is 0.154 e. The fourth-order valence-electron chi connectivity index (χ4n) is 4.48. The molecule has 134 valence electrons. The summed E-state index contributed by atoms with van der Waals surface area (Å²) in [6, 6.07) is 33.3. The Hall–Kier alpha value is -3.10. The van der Waals surface area contributed by atoms with Crippen LogP contribution in [0.25, 0.3) is 22.3 Å². The Balaban J connectivity index is 1.84. The Morgan fingerprint density at radius 2 is 1.18 bits per heavy atom. The van der Waals surface area contributed by atoms with Gasteiger partial charge in [-0.2, -0.15) is 0 Å². The predicted octanol–water partition coefficient (Wildman–Crippen LogP) is 4.73. The van der Waals surface area contributed by atoms with E-state index in [1.807, 2.05) is 42.5 Å². The van der Waals surface area contributed by atoms with Crippen molar-refractivity contribution < 1.29 is 5.11 Å². The van der Waals surface area contributed by atoms with Crippen molar-refractivity contribution in [2.45, 2.75) is 12.4 Å². The van der Waals surface area contributed by atoms with E-state index in [4.69, 9.17) is 0 Å². The number of fused-ring (bicyclic) bond motifs is 3. The number of aliphatic hydroxyl groups is 1. The molecule has 0 fully saturated rings. The average Bonchev–Trinajstić information content (AvgIpc) is 3.03. The van der Waals surface area contributed by atoms with Gasteiger partial charge in [0, 0.05) is 11.1 Å². The third-order valence-electron chi connectivity index (χ3n) is 5.89. The molecule has 1 aliphatic rings. The van der Waals surface area contributed by atoms with Crippen molar-refractivity contribution in [1.29, 1.82) is 0 Å². The first-order valence-electron chi connectivity index (χ1n) is 9.84. The van der Waals surface area contributed by atoms with Gasteiger partial charge in [0.05, 0.1) is 0 Å². The van der Waals surface area contributed by atoms with Gasteiger partial charge in [-0.1, -0.05) is 109 Å². The molecule has 4 aromatic rings. The highest BCUT2D eigenvalue weighted by Gasteiger charge is 2.44. The molecule has 0 heterocycles. The van der Waals surface area contributed by atoms with Crippen LogP contribution in [0.4, 0.5) is 0 Å². The minimum Gasteiger partial charge on any atom is -0.376 e. The van der Waals surface area contributed by atoms with Gasteiger partial charge in [-0.3, -0.25) is 0 Å². The zero-order valence-corrected chi connectivity index (χ0v) is 15.9. The van der Waals surface area contributed by atoms with E-state index in [9.17, 15) is 5.11 Å². The van der Waals surface area contributed by atoms with Crippen LogP contribution in [0.15, 0.2) is 97.1 Å². The van der Waals surface area contributed by atoms with Crippen molar-refractivity contribution in [3.05, 3.63) is 114 Å². The largest absolute Gasteiger partial charge is 0.376 e. The molecule has 0 spiro atoms. The molecular formula is C26H21BO. The molecule has 2 heteroatoms. The van der Waals surface area contributed by atoms with Crippen molar-refractivity contribution in [3.63, 3.8) is 0 Å². The topological polar surface area (TPSA) is 20.2 Å². The van der Waals surface area contributed by atoms with Crippen LogP contribution >= 0.6 is 0 Å². The van der Waals surface area contributed by atoms with Gasteiger partial charge in [0.2, 0.25) is 0 Å². The van der Waals surface area contributed by atoms with Gasteiger partial charge in [-0.25, -0.2) is 0 Å². The summed E-state index contributed by atoms with van der Waals surface area (Å²) in [5, 5.41) is 12.3. The highest BCUT2D eigenvalue weighted by atomic mass is 16.3. The number of hydrogen-bond acceptors (Lipinski definition) is 1.